The highest BCUT2D eigenvalue weighted by Crippen LogP contribution is 2.36. The van der Waals surface area contributed by atoms with E-state index < -0.39 is 0 Å². The van der Waals surface area contributed by atoms with Crippen LogP contribution in [0, 0.1) is 5.92 Å². The van der Waals surface area contributed by atoms with Crippen LogP contribution in [0.1, 0.15) is 19.3 Å². The van der Waals surface area contributed by atoms with Gasteiger partial charge in [0, 0.05) is 25.7 Å². The van der Waals surface area contributed by atoms with Crippen LogP contribution in [0.5, 0.6) is 0 Å². The van der Waals surface area contributed by atoms with Crippen LogP contribution in [0.15, 0.2) is 0 Å². The van der Waals surface area contributed by atoms with Gasteiger partial charge in [-0.15, -0.1) is 0 Å². The van der Waals surface area contributed by atoms with E-state index in [0.717, 1.165) is 25.0 Å². The van der Waals surface area contributed by atoms with Crippen LogP contribution in [-0.4, -0.2) is 30.6 Å². The first-order valence-corrected chi connectivity index (χ1v) is 4.34. The molecule has 1 aliphatic heterocycles. The van der Waals surface area contributed by atoms with Crippen molar-refractivity contribution in [3.05, 3.63) is 0 Å². The summed E-state index contributed by atoms with van der Waals surface area (Å²) in [5, 5.41) is 0. The molecular weight excluding hydrogens is 124 g/mol. The third kappa shape index (κ3) is 0.956. The van der Waals surface area contributed by atoms with Gasteiger partial charge in [-0.1, -0.05) is 0 Å². The highest BCUT2D eigenvalue weighted by molar-refractivity contribution is 4.91. The molecule has 1 heterocycles. The molecular formula is C8H16N2. The van der Waals surface area contributed by atoms with Crippen LogP contribution in [0.2, 0.25) is 0 Å². The van der Waals surface area contributed by atoms with Gasteiger partial charge in [-0.05, 0) is 25.2 Å². The SMILES string of the molecule is NCCN1C[C@H]2CC[C@@H]1C2. The van der Waals surface area contributed by atoms with E-state index in [2.05, 4.69) is 4.90 Å². The van der Waals surface area contributed by atoms with Gasteiger partial charge in [0.25, 0.3) is 0 Å². The maximum Gasteiger partial charge on any atom is 0.0108 e. The van der Waals surface area contributed by atoms with E-state index in [-0.39, 0.29) is 0 Å². The molecule has 0 unspecified atom stereocenters. The molecule has 1 saturated heterocycles. The lowest BCUT2D eigenvalue weighted by Crippen LogP contribution is -2.35. The molecule has 2 rings (SSSR count). The monoisotopic (exact) mass is 140 g/mol. The smallest absolute Gasteiger partial charge is 0.0108 e. The van der Waals surface area contributed by atoms with Gasteiger partial charge in [-0.3, -0.25) is 4.90 Å². The largest absolute Gasteiger partial charge is 0.329 e. The summed E-state index contributed by atoms with van der Waals surface area (Å²) in [6.45, 7) is 3.30. The summed E-state index contributed by atoms with van der Waals surface area (Å²) in [6, 6.07) is 0.911. The Morgan fingerprint density at radius 3 is 2.80 bits per heavy atom. The van der Waals surface area contributed by atoms with Gasteiger partial charge in [0.15, 0.2) is 0 Å². The van der Waals surface area contributed by atoms with Crippen LogP contribution < -0.4 is 5.73 Å². The summed E-state index contributed by atoms with van der Waals surface area (Å²) >= 11 is 0. The molecule has 1 saturated carbocycles. The molecule has 2 fully saturated rings. The molecule has 0 aromatic rings. The molecule has 0 amide bonds. The van der Waals surface area contributed by atoms with Gasteiger partial charge in [-0.25, -0.2) is 0 Å². The molecule has 58 valence electrons. The van der Waals surface area contributed by atoms with Crippen molar-refractivity contribution in [1.29, 1.82) is 0 Å². The van der Waals surface area contributed by atoms with E-state index >= 15 is 0 Å². The maximum atomic E-state index is 5.50. The summed E-state index contributed by atoms with van der Waals surface area (Å²) in [5.74, 6) is 1.02. The fourth-order valence-electron chi connectivity index (χ4n) is 2.47. The molecule has 2 heteroatoms. The number of fused-ring (bicyclic) bond motifs is 2. The lowest BCUT2D eigenvalue weighted by Gasteiger charge is -2.25. The van der Waals surface area contributed by atoms with Crippen LogP contribution in [-0.2, 0) is 0 Å². The lowest BCUT2D eigenvalue weighted by atomic mass is 10.1. The zero-order valence-electron chi connectivity index (χ0n) is 6.42. The minimum Gasteiger partial charge on any atom is -0.329 e. The van der Waals surface area contributed by atoms with Crippen molar-refractivity contribution < 1.29 is 0 Å². The number of nitrogens with zero attached hydrogens (tertiary/aromatic N) is 1. The number of likely N-dealkylation sites (tertiary alicyclic amines) is 1. The molecule has 2 aliphatic rings. The van der Waals surface area contributed by atoms with Crippen molar-refractivity contribution >= 4 is 0 Å². The van der Waals surface area contributed by atoms with Gasteiger partial charge in [0.05, 0.1) is 0 Å². The normalized spacial score (nSPS) is 39.3. The van der Waals surface area contributed by atoms with E-state index in [4.69, 9.17) is 5.73 Å². The average molecular weight is 140 g/mol. The quantitative estimate of drug-likeness (QED) is 0.602. The zero-order chi connectivity index (χ0) is 6.97. The van der Waals surface area contributed by atoms with Crippen LogP contribution in [0.4, 0.5) is 0 Å². The Morgan fingerprint density at radius 1 is 1.40 bits per heavy atom. The first-order chi connectivity index (χ1) is 4.90. The first kappa shape index (κ1) is 6.62. The summed E-state index contributed by atoms with van der Waals surface area (Å²) in [6.07, 6.45) is 4.37. The second-order valence-corrected chi connectivity index (χ2v) is 3.62. The van der Waals surface area contributed by atoms with Gasteiger partial charge in [-0.2, -0.15) is 0 Å². The maximum absolute atomic E-state index is 5.50. The van der Waals surface area contributed by atoms with E-state index in [1.54, 1.807) is 0 Å². The van der Waals surface area contributed by atoms with E-state index in [9.17, 15) is 0 Å². The topological polar surface area (TPSA) is 29.3 Å². The molecule has 2 bridgehead atoms. The Balaban J connectivity index is 1.90. The third-order valence-electron chi connectivity index (χ3n) is 2.94. The third-order valence-corrected chi connectivity index (χ3v) is 2.94. The molecule has 1 aliphatic carbocycles. The number of nitrogens with two attached hydrogens (primary N) is 1. The van der Waals surface area contributed by atoms with E-state index in [1.165, 1.54) is 25.8 Å². The molecule has 2 N–H and O–H groups in total. The highest BCUT2D eigenvalue weighted by Gasteiger charge is 2.36. The molecule has 0 aromatic carbocycles. The molecule has 2 nitrogen and oxygen atoms in total. The Bertz CT molecular complexity index is 124. The van der Waals surface area contributed by atoms with Crippen LogP contribution in [0.25, 0.3) is 0 Å². The van der Waals surface area contributed by atoms with Gasteiger partial charge < -0.3 is 5.73 Å². The molecule has 0 radical (unpaired) electrons. The van der Waals surface area contributed by atoms with Gasteiger partial charge in [0.2, 0.25) is 0 Å². The molecule has 2 atom stereocenters. The second kappa shape index (κ2) is 2.51. The second-order valence-electron chi connectivity index (χ2n) is 3.62. The Labute approximate surface area is 62.4 Å². The predicted molar refractivity (Wildman–Crippen MR) is 41.8 cm³/mol. The minimum absolute atomic E-state index is 0.837. The Morgan fingerprint density at radius 2 is 2.30 bits per heavy atom. The molecule has 0 spiro atoms. The van der Waals surface area contributed by atoms with E-state index in [0.29, 0.717) is 0 Å². The number of hydrogen-bond donors (Lipinski definition) is 1. The highest BCUT2D eigenvalue weighted by atomic mass is 15.2. The van der Waals surface area contributed by atoms with Crippen molar-refractivity contribution in [3.8, 4) is 0 Å². The number of piperidine rings is 1. The molecule has 10 heavy (non-hydrogen) atoms. The van der Waals surface area contributed by atoms with E-state index in [1.807, 2.05) is 0 Å². The summed E-state index contributed by atoms with van der Waals surface area (Å²) in [5.41, 5.74) is 5.50. The Hall–Kier alpha value is -0.0800. The Kier molecular flexibility index (Phi) is 1.66. The summed E-state index contributed by atoms with van der Waals surface area (Å²) in [7, 11) is 0. The first-order valence-electron chi connectivity index (χ1n) is 4.34. The predicted octanol–water partition coefficient (Wildman–Crippen LogP) is 0.429. The molecule has 0 aromatic heterocycles. The lowest BCUT2D eigenvalue weighted by molar-refractivity contribution is 0.219. The van der Waals surface area contributed by atoms with Crippen LogP contribution >= 0.6 is 0 Å². The standard InChI is InChI=1S/C8H16N2/c9-3-4-10-6-7-1-2-8(10)5-7/h7-8H,1-6,9H2/t7-,8+/m0/s1. The fourth-order valence-corrected chi connectivity index (χ4v) is 2.47. The van der Waals surface area contributed by atoms with Crippen molar-refractivity contribution in [2.45, 2.75) is 25.3 Å². The number of hydrogen-bond acceptors (Lipinski definition) is 2. The zero-order valence-corrected chi connectivity index (χ0v) is 6.42. The van der Waals surface area contributed by atoms with Crippen molar-refractivity contribution in [3.63, 3.8) is 0 Å². The van der Waals surface area contributed by atoms with Gasteiger partial charge in [0.1, 0.15) is 0 Å². The van der Waals surface area contributed by atoms with Crippen LogP contribution in [0.3, 0.4) is 0 Å². The van der Waals surface area contributed by atoms with Crippen molar-refractivity contribution in [2.75, 3.05) is 19.6 Å². The number of rotatable bonds is 2. The van der Waals surface area contributed by atoms with Crippen molar-refractivity contribution in [2.24, 2.45) is 11.7 Å². The summed E-state index contributed by atoms with van der Waals surface area (Å²) in [4.78, 5) is 2.56. The van der Waals surface area contributed by atoms with Gasteiger partial charge >= 0.3 is 0 Å². The van der Waals surface area contributed by atoms with Crippen molar-refractivity contribution in [1.82, 2.24) is 4.90 Å². The summed E-state index contributed by atoms with van der Waals surface area (Å²) < 4.78 is 0. The minimum atomic E-state index is 0.837. The average Bonchev–Trinajstić information content (AvgIpc) is 2.48. The fraction of sp³-hybridized carbons (Fsp3) is 1.00.